The van der Waals surface area contributed by atoms with Crippen molar-refractivity contribution >= 4 is 28.9 Å². The van der Waals surface area contributed by atoms with E-state index in [-0.39, 0.29) is 11.2 Å². The van der Waals surface area contributed by atoms with E-state index in [1.54, 1.807) is 18.8 Å². The molecule has 1 aliphatic heterocycles. The predicted molar refractivity (Wildman–Crippen MR) is 123 cm³/mol. The molecule has 166 valence electrons. The van der Waals surface area contributed by atoms with Gasteiger partial charge >= 0.3 is 5.69 Å². The highest BCUT2D eigenvalue weighted by atomic mass is 32.2. The molecule has 4 rings (SSSR count). The average Bonchev–Trinajstić information content (AvgIpc) is 3.10. The summed E-state index contributed by atoms with van der Waals surface area (Å²) in [6.07, 6.45) is 2.28. The molecular formula is C21H29N7O2S. The van der Waals surface area contributed by atoms with Crippen LogP contribution in [0, 0.1) is 19.8 Å². The van der Waals surface area contributed by atoms with Gasteiger partial charge in [-0.2, -0.15) is 4.98 Å². The van der Waals surface area contributed by atoms with Crippen LogP contribution < -0.4 is 16.1 Å². The summed E-state index contributed by atoms with van der Waals surface area (Å²) in [5.41, 5.74) is 2.12. The Balaban J connectivity index is 1.74. The van der Waals surface area contributed by atoms with Crippen molar-refractivity contribution in [3.63, 3.8) is 0 Å². The van der Waals surface area contributed by atoms with Gasteiger partial charge in [0.05, 0.1) is 0 Å². The van der Waals surface area contributed by atoms with Gasteiger partial charge in [-0.3, -0.25) is 13.9 Å². The Morgan fingerprint density at radius 1 is 1.10 bits per heavy atom. The van der Waals surface area contributed by atoms with Crippen LogP contribution in [0.15, 0.2) is 20.8 Å². The van der Waals surface area contributed by atoms with Gasteiger partial charge in [-0.15, -0.1) is 0 Å². The van der Waals surface area contributed by atoms with Gasteiger partial charge in [-0.25, -0.2) is 14.8 Å². The number of piperidine rings is 1. The van der Waals surface area contributed by atoms with E-state index < -0.39 is 0 Å². The van der Waals surface area contributed by atoms with Crippen molar-refractivity contribution in [3.05, 3.63) is 38.3 Å². The summed E-state index contributed by atoms with van der Waals surface area (Å²) in [4.78, 5) is 41.5. The highest BCUT2D eigenvalue weighted by molar-refractivity contribution is 7.99. The molecule has 0 N–H and O–H groups in total. The van der Waals surface area contributed by atoms with Gasteiger partial charge in [-0.1, -0.05) is 18.7 Å². The third-order valence-corrected chi connectivity index (χ3v) is 6.60. The molecule has 1 fully saturated rings. The van der Waals surface area contributed by atoms with E-state index in [2.05, 4.69) is 21.8 Å². The second-order valence-electron chi connectivity index (χ2n) is 8.42. The first-order valence-corrected chi connectivity index (χ1v) is 11.6. The van der Waals surface area contributed by atoms with E-state index in [0.717, 1.165) is 46.6 Å². The number of nitrogens with zero attached hydrogens (tertiary/aromatic N) is 7. The molecule has 0 bridgehead atoms. The molecule has 0 amide bonds. The highest BCUT2D eigenvalue weighted by Gasteiger charge is 2.25. The fourth-order valence-electron chi connectivity index (χ4n) is 4.25. The Bertz CT molecular complexity index is 1220. The Morgan fingerprint density at radius 2 is 1.81 bits per heavy atom. The molecule has 1 saturated heterocycles. The largest absolute Gasteiger partial charge is 0.342 e. The Hall–Kier alpha value is -2.62. The summed E-state index contributed by atoms with van der Waals surface area (Å²) in [6, 6.07) is 1.95. The van der Waals surface area contributed by atoms with Gasteiger partial charge in [0.25, 0.3) is 5.56 Å². The van der Waals surface area contributed by atoms with E-state index in [4.69, 9.17) is 4.98 Å². The maximum absolute atomic E-state index is 13.0. The summed E-state index contributed by atoms with van der Waals surface area (Å²) in [6.45, 7) is 8.52. The minimum atomic E-state index is -0.362. The van der Waals surface area contributed by atoms with Crippen molar-refractivity contribution in [2.75, 3.05) is 23.7 Å². The van der Waals surface area contributed by atoms with Crippen molar-refractivity contribution in [2.24, 2.45) is 20.0 Å². The molecule has 3 aromatic rings. The lowest BCUT2D eigenvalue weighted by Gasteiger charge is -2.32. The minimum absolute atomic E-state index is 0.311. The topological polar surface area (TPSA) is 90.8 Å². The van der Waals surface area contributed by atoms with E-state index in [0.29, 0.717) is 29.4 Å². The van der Waals surface area contributed by atoms with Crippen LogP contribution in [0.4, 0.5) is 5.95 Å². The van der Waals surface area contributed by atoms with Crippen LogP contribution in [0.5, 0.6) is 0 Å². The first kappa shape index (κ1) is 21.6. The zero-order chi connectivity index (χ0) is 22.3. The summed E-state index contributed by atoms with van der Waals surface area (Å²) < 4.78 is 4.60. The van der Waals surface area contributed by atoms with Gasteiger partial charge in [0.1, 0.15) is 0 Å². The first-order valence-electron chi connectivity index (χ1n) is 10.6. The molecule has 0 aromatic carbocycles. The lowest BCUT2D eigenvalue weighted by atomic mass is 10.0. The summed E-state index contributed by atoms with van der Waals surface area (Å²) >= 11 is 1.56. The normalized spacial score (nSPS) is 16.9. The fraction of sp³-hybridized carbons (Fsp3) is 0.571. The maximum atomic E-state index is 13.0. The molecule has 4 heterocycles. The highest BCUT2D eigenvalue weighted by Crippen LogP contribution is 2.26. The molecule has 1 unspecified atom stereocenters. The molecule has 0 aliphatic carbocycles. The van der Waals surface area contributed by atoms with Gasteiger partial charge in [0, 0.05) is 50.9 Å². The zero-order valence-electron chi connectivity index (χ0n) is 18.8. The number of imidazole rings is 1. The van der Waals surface area contributed by atoms with Crippen LogP contribution in [-0.4, -0.2) is 47.5 Å². The molecule has 9 nitrogen and oxygen atoms in total. The second kappa shape index (κ2) is 8.49. The first-order chi connectivity index (χ1) is 14.8. The number of rotatable bonds is 5. The standard InChI is InChI=1S/C21H29N7O2S/c1-13-7-6-8-27(12-13)20-24-17-16(18(29)26(5)21(30)25(17)4)28(20)9-10-31-19-22-14(2)11-15(3)23-19/h11,13H,6-10,12H2,1-5H3. The van der Waals surface area contributed by atoms with Gasteiger partial charge in [-0.05, 0) is 38.7 Å². The Kier molecular flexibility index (Phi) is 5.92. The number of thioether (sulfide) groups is 1. The molecular weight excluding hydrogens is 414 g/mol. The van der Waals surface area contributed by atoms with Crippen LogP contribution in [0.2, 0.25) is 0 Å². The van der Waals surface area contributed by atoms with Crippen molar-refractivity contribution in [1.29, 1.82) is 0 Å². The lowest BCUT2D eigenvalue weighted by molar-refractivity contribution is 0.438. The Labute approximate surface area is 185 Å². The molecule has 1 aliphatic rings. The van der Waals surface area contributed by atoms with Crippen LogP contribution in [0.1, 0.15) is 31.2 Å². The van der Waals surface area contributed by atoms with Crippen LogP contribution >= 0.6 is 11.8 Å². The molecule has 31 heavy (non-hydrogen) atoms. The predicted octanol–water partition coefficient (Wildman–Crippen LogP) is 1.87. The zero-order valence-corrected chi connectivity index (χ0v) is 19.6. The van der Waals surface area contributed by atoms with Gasteiger partial charge in [0.2, 0.25) is 5.95 Å². The summed E-state index contributed by atoms with van der Waals surface area (Å²) in [7, 11) is 3.18. The van der Waals surface area contributed by atoms with Crippen molar-refractivity contribution in [3.8, 4) is 0 Å². The quantitative estimate of drug-likeness (QED) is 0.439. The van der Waals surface area contributed by atoms with Gasteiger partial charge in [0.15, 0.2) is 16.3 Å². The number of anilines is 1. The average molecular weight is 444 g/mol. The van der Waals surface area contributed by atoms with E-state index in [1.165, 1.54) is 18.0 Å². The Morgan fingerprint density at radius 3 is 2.48 bits per heavy atom. The van der Waals surface area contributed by atoms with Crippen LogP contribution in [-0.2, 0) is 20.6 Å². The molecule has 10 heteroatoms. The second-order valence-corrected chi connectivity index (χ2v) is 9.48. The lowest BCUT2D eigenvalue weighted by Crippen LogP contribution is -2.38. The third kappa shape index (κ3) is 4.13. The number of aryl methyl sites for hydroxylation is 4. The smallest absolute Gasteiger partial charge is 0.332 e. The molecule has 3 aromatic heterocycles. The summed E-state index contributed by atoms with van der Waals surface area (Å²) in [5, 5.41) is 0.732. The van der Waals surface area contributed by atoms with Gasteiger partial charge < -0.3 is 9.47 Å². The summed E-state index contributed by atoms with van der Waals surface area (Å²) in [5.74, 6) is 2.02. The number of aromatic nitrogens is 6. The van der Waals surface area contributed by atoms with E-state index in [1.807, 2.05) is 24.5 Å². The molecule has 0 radical (unpaired) electrons. The minimum Gasteiger partial charge on any atom is -0.342 e. The monoisotopic (exact) mass is 443 g/mol. The van der Waals surface area contributed by atoms with Crippen molar-refractivity contribution < 1.29 is 0 Å². The van der Waals surface area contributed by atoms with Crippen LogP contribution in [0.3, 0.4) is 0 Å². The van der Waals surface area contributed by atoms with Crippen molar-refractivity contribution in [2.45, 2.75) is 45.3 Å². The maximum Gasteiger partial charge on any atom is 0.332 e. The number of hydrogen-bond acceptors (Lipinski definition) is 7. The fourth-order valence-corrected chi connectivity index (χ4v) is 5.12. The van der Waals surface area contributed by atoms with Crippen molar-refractivity contribution in [1.82, 2.24) is 28.7 Å². The molecule has 0 saturated carbocycles. The third-order valence-electron chi connectivity index (χ3n) is 5.78. The van der Waals surface area contributed by atoms with E-state index in [9.17, 15) is 9.59 Å². The molecule has 1 atom stereocenters. The molecule has 0 spiro atoms. The number of fused-ring (bicyclic) bond motifs is 1. The van der Waals surface area contributed by atoms with E-state index >= 15 is 0 Å². The van der Waals surface area contributed by atoms with Crippen LogP contribution in [0.25, 0.3) is 11.2 Å². The SMILES string of the molecule is Cc1cc(C)nc(SCCn2c(N3CCCC(C)C3)nc3c2c(=O)n(C)c(=O)n3C)n1. The number of hydrogen-bond donors (Lipinski definition) is 0.